The van der Waals surface area contributed by atoms with E-state index in [1.165, 1.54) is 0 Å². The second-order valence-corrected chi connectivity index (χ2v) is 3.48. The van der Waals surface area contributed by atoms with E-state index in [-0.39, 0.29) is 0 Å². The largest absolute Gasteiger partial charge is 0.383 e. The minimum Gasteiger partial charge on any atom is -0.383 e. The van der Waals surface area contributed by atoms with Gasteiger partial charge in [0.25, 0.3) is 0 Å². The maximum absolute atomic E-state index is 4.99. The second-order valence-electron chi connectivity index (χ2n) is 3.48. The van der Waals surface area contributed by atoms with Gasteiger partial charge in [-0.25, -0.2) is 0 Å². The summed E-state index contributed by atoms with van der Waals surface area (Å²) in [6.07, 6.45) is 3.77. The first kappa shape index (κ1) is 10.7. The summed E-state index contributed by atoms with van der Waals surface area (Å²) < 4.78 is 6.85. The van der Waals surface area contributed by atoms with Crippen LogP contribution >= 0.6 is 0 Å². The number of benzene rings is 1. The average Bonchev–Trinajstić information content (AvgIpc) is 2.75. The number of anilines is 2. The van der Waals surface area contributed by atoms with Gasteiger partial charge in [-0.1, -0.05) is 18.2 Å². The lowest BCUT2D eigenvalue weighted by molar-refractivity contribution is 0.183. The second kappa shape index (κ2) is 5.32. The van der Waals surface area contributed by atoms with Gasteiger partial charge in [0.1, 0.15) is 0 Å². The van der Waals surface area contributed by atoms with Gasteiger partial charge in [0.05, 0.1) is 25.0 Å². The molecule has 2 aromatic rings. The van der Waals surface area contributed by atoms with Crippen molar-refractivity contribution in [2.24, 2.45) is 0 Å². The number of methoxy groups -OCH3 is 1. The van der Waals surface area contributed by atoms with Crippen LogP contribution in [0.2, 0.25) is 0 Å². The number of rotatable bonds is 5. The highest BCUT2D eigenvalue weighted by molar-refractivity contribution is 5.57. The van der Waals surface area contributed by atoms with E-state index in [2.05, 4.69) is 10.4 Å². The van der Waals surface area contributed by atoms with Gasteiger partial charge in [-0.3, -0.25) is 4.68 Å². The van der Waals surface area contributed by atoms with Crippen LogP contribution in [0.5, 0.6) is 0 Å². The Morgan fingerprint density at radius 2 is 2.06 bits per heavy atom. The lowest BCUT2D eigenvalue weighted by Gasteiger charge is -2.02. The third-order valence-corrected chi connectivity index (χ3v) is 2.22. The van der Waals surface area contributed by atoms with Crippen molar-refractivity contribution in [2.75, 3.05) is 19.0 Å². The van der Waals surface area contributed by atoms with Gasteiger partial charge >= 0.3 is 0 Å². The first-order valence-electron chi connectivity index (χ1n) is 5.22. The number of hydrogen-bond acceptors (Lipinski definition) is 3. The molecule has 4 nitrogen and oxygen atoms in total. The predicted octanol–water partition coefficient (Wildman–Crippen LogP) is 2.27. The Morgan fingerprint density at radius 1 is 1.25 bits per heavy atom. The summed E-state index contributed by atoms with van der Waals surface area (Å²) in [5.41, 5.74) is 2.05. The molecular weight excluding hydrogens is 202 g/mol. The van der Waals surface area contributed by atoms with E-state index in [1.807, 2.05) is 47.4 Å². The van der Waals surface area contributed by atoms with Crippen molar-refractivity contribution in [1.82, 2.24) is 9.78 Å². The number of nitrogens with one attached hydrogen (secondary N) is 1. The topological polar surface area (TPSA) is 39.1 Å². The van der Waals surface area contributed by atoms with Crippen LogP contribution in [0.25, 0.3) is 0 Å². The van der Waals surface area contributed by atoms with E-state index in [0.29, 0.717) is 6.61 Å². The van der Waals surface area contributed by atoms with Gasteiger partial charge in [-0.15, -0.1) is 0 Å². The third kappa shape index (κ3) is 2.84. The Bertz CT molecular complexity index is 425. The monoisotopic (exact) mass is 217 g/mol. The SMILES string of the molecule is COCCn1cc(Nc2ccccc2)cn1. The molecule has 84 valence electrons. The van der Waals surface area contributed by atoms with E-state index in [0.717, 1.165) is 17.9 Å². The van der Waals surface area contributed by atoms with Gasteiger partial charge in [0.2, 0.25) is 0 Å². The van der Waals surface area contributed by atoms with E-state index >= 15 is 0 Å². The standard InChI is InChI=1S/C12H15N3O/c1-16-8-7-15-10-12(9-13-15)14-11-5-3-2-4-6-11/h2-6,9-10,14H,7-8H2,1H3. The van der Waals surface area contributed by atoms with Crippen molar-refractivity contribution in [3.05, 3.63) is 42.7 Å². The van der Waals surface area contributed by atoms with Gasteiger partial charge in [-0.05, 0) is 12.1 Å². The fraction of sp³-hybridized carbons (Fsp3) is 0.250. The quantitative estimate of drug-likeness (QED) is 0.835. The van der Waals surface area contributed by atoms with E-state index in [4.69, 9.17) is 4.74 Å². The van der Waals surface area contributed by atoms with Crippen LogP contribution in [-0.2, 0) is 11.3 Å². The van der Waals surface area contributed by atoms with Crippen molar-refractivity contribution in [3.8, 4) is 0 Å². The summed E-state index contributed by atoms with van der Waals surface area (Å²) in [5, 5.41) is 7.50. The molecular formula is C12H15N3O. The molecule has 0 amide bonds. The number of aromatic nitrogens is 2. The molecule has 0 radical (unpaired) electrons. The zero-order chi connectivity index (χ0) is 11.2. The molecule has 16 heavy (non-hydrogen) atoms. The van der Waals surface area contributed by atoms with Gasteiger partial charge < -0.3 is 10.1 Å². The van der Waals surface area contributed by atoms with Crippen molar-refractivity contribution >= 4 is 11.4 Å². The molecule has 0 atom stereocenters. The van der Waals surface area contributed by atoms with E-state index in [9.17, 15) is 0 Å². The lowest BCUT2D eigenvalue weighted by atomic mass is 10.3. The Balaban J connectivity index is 1.97. The first-order chi connectivity index (χ1) is 7.88. The molecule has 0 aliphatic rings. The molecule has 0 fully saturated rings. The lowest BCUT2D eigenvalue weighted by Crippen LogP contribution is -2.03. The first-order valence-corrected chi connectivity index (χ1v) is 5.22. The van der Waals surface area contributed by atoms with Crippen LogP contribution < -0.4 is 5.32 Å². The molecule has 1 heterocycles. The zero-order valence-electron chi connectivity index (χ0n) is 9.26. The molecule has 4 heteroatoms. The molecule has 1 N–H and O–H groups in total. The van der Waals surface area contributed by atoms with Crippen molar-refractivity contribution in [2.45, 2.75) is 6.54 Å². The average molecular weight is 217 g/mol. The van der Waals surface area contributed by atoms with Gasteiger partial charge in [0.15, 0.2) is 0 Å². The predicted molar refractivity (Wildman–Crippen MR) is 63.8 cm³/mol. The smallest absolute Gasteiger partial charge is 0.0770 e. The number of ether oxygens (including phenoxy) is 1. The summed E-state index contributed by atoms with van der Waals surface area (Å²) in [5.74, 6) is 0. The van der Waals surface area contributed by atoms with Crippen LogP contribution in [0.15, 0.2) is 42.7 Å². The van der Waals surface area contributed by atoms with E-state index < -0.39 is 0 Å². The van der Waals surface area contributed by atoms with Crippen molar-refractivity contribution in [3.63, 3.8) is 0 Å². The molecule has 0 spiro atoms. The summed E-state index contributed by atoms with van der Waals surface area (Å²) in [7, 11) is 1.69. The molecule has 0 bridgehead atoms. The van der Waals surface area contributed by atoms with Crippen LogP contribution in [0, 0.1) is 0 Å². The van der Waals surface area contributed by atoms with Crippen LogP contribution in [-0.4, -0.2) is 23.5 Å². The van der Waals surface area contributed by atoms with Crippen LogP contribution in [0.4, 0.5) is 11.4 Å². The number of nitrogens with zero attached hydrogens (tertiary/aromatic N) is 2. The minimum atomic E-state index is 0.673. The molecule has 0 unspecified atom stereocenters. The Hall–Kier alpha value is -1.81. The summed E-state index contributed by atoms with van der Waals surface area (Å²) in [6, 6.07) is 10.0. The van der Waals surface area contributed by atoms with Crippen LogP contribution in [0.1, 0.15) is 0 Å². The highest BCUT2D eigenvalue weighted by Gasteiger charge is 1.98. The number of hydrogen-bond donors (Lipinski definition) is 1. The fourth-order valence-corrected chi connectivity index (χ4v) is 1.42. The van der Waals surface area contributed by atoms with Gasteiger partial charge in [-0.2, -0.15) is 5.10 Å². The maximum Gasteiger partial charge on any atom is 0.0770 e. The summed E-state index contributed by atoms with van der Waals surface area (Å²) in [4.78, 5) is 0. The highest BCUT2D eigenvalue weighted by Crippen LogP contribution is 2.14. The molecule has 0 aliphatic heterocycles. The van der Waals surface area contributed by atoms with Crippen molar-refractivity contribution in [1.29, 1.82) is 0 Å². The highest BCUT2D eigenvalue weighted by atomic mass is 16.5. The minimum absolute atomic E-state index is 0.673. The Kier molecular flexibility index (Phi) is 3.56. The normalized spacial score (nSPS) is 10.3. The zero-order valence-corrected chi connectivity index (χ0v) is 9.26. The Morgan fingerprint density at radius 3 is 2.81 bits per heavy atom. The maximum atomic E-state index is 4.99. The molecule has 0 saturated heterocycles. The molecule has 0 aliphatic carbocycles. The fourth-order valence-electron chi connectivity index (χ4n) is 1.42. The molecule has 2 rings (SSSR count). The molecule has 0 saturated carbocycles. The third-order valence-electron chi connectivity index (χ3n) is 2.22. The van der Waals surface area contributed by atoms with E-state index in [1.54, 1.807) is 7.11 Å². The van der Waals surface area contributed by atoms with Gasteiger partial charge in [0, 0.05) is 19.0 Å². The molecule has 1 aromatic carbocycles. The van der Waals surface area contributed by atoms with Crippen LogP contribution in [0.3, 0.4) is 0 Å². The Labute approximate surface area is 94.9 Å². The molecule has 1 aromatic heterocycles. The summed E-state index contributed by atoms with van der Waals surface area (Å²) >= 11 is 0. The number of para-hydroxylation sites is 1. The summed E-state index contributed by atoms with van der Waals surface area (Å²) in [6.45, 7) is 1.44. The van der Waals surface area contributed by atoms with Crippen molar-refractivity contribution < 1.29 is 4.74 Å².